The molecule has 0 aliphatic heterocycles. The molecule has 0 radical (unpaired) electrons. The van der Waals surface area contributed by atoms with Gasteiger partial charge in [-0.2, -0.15) is 0 Å². The maximum Gasteiger partial charge on any atom is 0.332 e. The van der Waals surface area contributed by atoms with E-state index in [0.29, 0.717) is 29.4 Å². The van der Waals surface area contributed by atoms with Gasteiger partial charge in [0.15, 0.2) is 28.7 Å². The van der Waals surface area contributed by atoms with Crippen molar-refractivity contribution in [3.05, 3.63) is 64.5 Å². The fraction of sp³-hybridized carbons (Fsp3) is 0.182. The number of ether oxygens (including phenoxy) is 2. The normalized spacial score (nSPS) is 11.0. The number of rotatable bonds is 7. The summed E-state index contributed by atoms with van der Waals surface area (Å²) in [5, 5.41) is 0. The van der Waals surface area contributed by atoms with Crippen LogP contribution in [0.1, 0.15) is 23.8 Å². The largest absolute Gasteiger partial charge is 0.493 e. The number of halogens is 1. The van der Waals surface area contributed by atoms with Crippen LogP contribution in [0.15, 0.2) is 47.3 Å². The van der Waals surface area contributed by atoms with Crippen LogP contribution in [0.25, 0.3) is 28.2 Å². The molecule has 0 fully saturated rings. The number of methoxy groups -OCH3 is 1. The predicted octanol–water partition coefficient (Wildman–Crippen LogP) is 2.81. The smallest absolute Gasteiger partial charge is 0.332 e. The number of aromatic nitrogens is 4. The summed E-state index contributed by atoms with van der Waals surface area (Å²) in [4.78, 5) is 36.1. The van der Waals surface area contributed by atoms with Gasteiger partial charge in [-0.1, -0.05) is 6.92 Å². The summed E-state index contributed by atoms with van der Waals surface area (Å²) >= 11 is 0. The highest BCUT2D eigenvalue weighted by atomic mass is 19.1. The molecule has 2 aromatic heterocycles. The monoisotopic (exact) mass is 437 g/mol. The van der Waals surface area contributed by atoms with Gasteiger partial charge in [0.1, 0.15) is 11.3 Å². The van der Waals surface area contributed by atoms with Gasteiger partial charge in [-0.25, -0.2) is 23.7 Å². The molecule has 0 unspecified atom stereocenters. The van der Waals surface area contributed by atoms with E-state index in [2.05, 4.69) is 15.0 Å². The Morgan fingerprint density at radius 2 is 1.91 bits per heavy atom. The van der Waals surface area contributed by atoms with Crippen molar-refractivity contribution in [1.82, 2.24) is 19.5 Å². The summed E-state index contributed by atoms with van der Waals surface area (Å²) in [5.74, 6) is -0.112. The summed E-state index contributed by atoms with van der Waals surface area (Å²) in [6.45, 7) is 2.52. The molecule has 2 aromatic carbocycles. The number of benzene rings is 2. The second-order valence-corrected chi connectivity index (χ2v) is 6.91. The number of hydrogen-bond acceptors (Lipinski definition) is 6. The topological polar surface area (TPSA) is 125 Å². The number of nitrogens with zero attached hydrogens (tertiary/aromatic N) is 3. The Morgan fingerprint density at radius 3 is 2.56 bits per heavy atom. The van der Waals surface area contributed by atoms with Gasteiger partial charge in [0, 0.05) is 5.56 Å². The molecule has 4 aromatic rings. The van der Waals surface area contributed by atoms with E-state index in [-0.39, 0.29) is 22.7 Å². The number of hydrogen-bond donors (Lipinski definition) is 2. The van der Waals surface area contributed by atoms with Gasteiger partial charge < -0.3 is 20.2 Å². The van der Waals surface area contributed by atoms with Crippen LogP contribution in [0.4, 0.5) is 4.39 Å². The molecule has 0 spiro atoms. The van der Waals surface area contributed by atoms with E-state index >= 15 is 0 Å². The van der Waals surface area contributed by atoms with Crippen LogP contribution in [0.5, 0.6) is 11.5 Å². The van der Waals surface area contributed by atoms with Crippen LogP contribution in [-0.4, -0.2) is 39.1 Å². The first-order valence-corrected chi connectivity index (χ1v) is 9.82. The minimum Gasteiger partial charge on any atom is -0.493 e. The third kappa shape index (κ3) is 3.78. The van der Waals surface area contributed by atoms with Crippen LogP contribution >= 0.6 is 0 Å². The molecule has 10 heteroatoms. The zero-order chi connectivity index (χ0) is 22.8. The molecular weight excluding hydrogens is 417 g/mol. The number of primary amides is 1. The summed E-state index contributed by atoms with van der Waals surface area (Å²) in [6.07, 6.45) is 0.834. The van der Waals surface area contributed by atoms with Crippen molar-refractivity contribution in [2.75, 3.05) is 13.7 Å². The van der Waals surface area contributed by atoms with Crippen molar-refractivity contribution in [1.29, 1.82) is 0 Å². The van der Waals surface area contributed by atoms with Gasteiger partial charge in [-0.05, 0) is 48.9 Å². The van der Waals surface area contributed by atoms with Crippen molar-refractivity contribution in [2.45, 2.75) is 13.3 Å². The van der Waals surface area contributed by atoms with E-state index in [1.165, 1.54) is 35.9 Å². The first-order valence-electron chi connectivity index (χ1n) is 9.82. The lowest BCUT2D eigenvalue weighted by molar-refractivity contribution is 0.0997. The number of carbonyl (C=O) groups excluding carboxylic acids is 1. The van der Waals surface area contributed by atoms with Gasteiger partial charge in [-0.3, -0.25) is 4.79 Å². The molecular formula is C22H20FN5O4. The van der Waals surface area contributed by atoms with Crippen LogP contribution < -0.4 is 20.9 Å². The summed E-state index contributed by atoms with van der Waals surface area (Å²) < 4.78 is 25.7. The molecule has 32 heavy (non-hydrogen) atoms. The fourth-order valence-corrected chi connectivity index (χ4v) is 3.26. The number of aromatic amines is 1. The molecule has 1 amide bonds. The minimum absolute atomic E-state index is 0.0884. The number of amides is 1. The van der Waals surface area contributed by atoms with E-state index in [9.17, 15) is 14.0 Å². The van der Waals surface area contributed by atoms with Gasteiger partial charge in [-0.15, -0.1) is 0 Å². The Bertz CT molecular complexity index is 1360. The third-order valence-electron chi connectivity index (χ3n) is 4.74. The minimum atomic E-state index is -0.832. The maximum atomic E-state index is 13.4. The Labute approximate surface area is 181 Å². The second-order valence-electron chi connectivity index (χ2n) is 6.91. The average molecular weight is 437 g/mol. The summed E-state index contributed by atoms with van der Waals surface area (Å²) in [5.41, 5.74) is 5.92. The van der Waals surface area contributed by atoms with E-state index in [0.717, 1.165) is 6.42 Å². The highest BCUT2D eigenvalue weighted by Gasteiger charge is 2.21. The van der Waals surface area contributed by atoms with Gasteiger partial charge in [0.2, 0.25) is 0 Å². The number of nitrogens with one attached hydrogen (secondary N) is 1. The fourth-order valence-electron chi connectivity index (χ4n) is 3.26. The highest BCUT2D eigenvalue weighted by Crippen LogP contribution is 2.32. The van der Waals surface area contributed by atoms with Crippen molar-refractivity contribution < 1.29 is 18.7 Å². The number of imidazole rings is 1. The highest BCUT2D eigenvalue weighted by molar-refractivity contribution is 6.02. The van der Waals surface area contributed by atoms with E-state index in [4.69, 9.17) is 15.2 Å². The Morgan fingerprint density at radius 1 is 1.16 bits per heavy atom. The number of carbonyl (C=O) groups is 1. The van der Waals surface area contributed by atoms with Crippen molar-refractivity contribution in [3.63, 3.8) is 0 Å². The molecule has 4 rings (SSSR count). The molecule has 0 bridgehead atoms. The number of H-pyrrole nitrogens is 1. The molecule has 0 saturated carbocycles. The third-order valence-corrected chi connectivity index (χ3v) is 4.74. The Balaban J connectivity index is 1.93. The first-order chi connectivity index (χ1) is 15.4. The van der Waals surface area contributed by atoms with E-state index in [1.54, 1.807) is 18.2 Å². The standard InChI is InChI=1S/C22H20FN5O4/c1-3-10-32-15-9-4-12(11-16(15)31-2)20-25-17(19(24)29)18-21(27-20)28(22(30)26-18)14-7-5-13(23)6-8-14/h4-9,11H,3,10H2,1-2H3,(H2,24,29)(H,26,30). The second kappa shape index (κ2) is 8.50. The lowest BCUT2D eigenvalue weighted by Gasteiger charge is -2.12. The molecule has 9 nitrogen and oxygen atoms in total. The van der Waals surface area contributed by atoms with Crippen molar-refractivity contribution in [2.24, 2.45) is 5.73 Å². The number of nitrogens with two attached hydrogens (primary N) is 1. The van der Waals surface area contributed by atoms with Gasteiger partial charge >= 0.3 is 5.69 Å². The molecule has 0 aliphatic rings. The molecule has 2 heterocycles. The lowest BCUT2D eigenvalue weighted by atomic mass is 10.1. The van der Waals surface area contributed by atoms with Crippen LogP contribution in [0.2, 0.25) is 0 Å². The molecule has 3 N–H and O–H groups in total. The zero-order valence-electron chi connectivity index (χ0n) is 17.4. The van der Waals surface area contributed by atoms with Crippen LogP contribution in [0.3, 0.4) is 0 Å². The molecule has 0 aliphatic carbocycles. The summed E-state index contributed by atoms with van der Waals surface area (Å²) in [6, 6.07) is 10.4. The molecule has 0 atom stereocenters. The SMILES string of the molecule is CCCOc1ccc(-c2nc(C(N)=O)c3[nH]c(=O)n(-c4ccc(F)cc4)c3n2)cc1OC. The lowest BCUT2D eigenvalue weighted by Crippen LogP contribution is -2.15. The van der Waals surface area contributed by atoms with Crippen molar-refractivity contribution >= 4 is 17.1 Å². The average Bonchev–Trinajstić information content (AvgIpc) is 3.13. The Kier molecular flexibility index (Phi) is 5.59. The Hall–Kier alpha value is -4.21. The van der Waals surface area contributed by atoms with Gasteiger partial charge in [0.25, 0.3) is 5.91 Å². The predicted molar refractivity (Wildman–Crippen MR) is 116 cm³/mol. The van der Waals surface area contributed by atoms with Gasteiger partial charge in [0.05, 0.1) is 19.4 Å². The number of fused-ring (bicyclic) bond motifs is 1. The van der Waals surface area contributed by atoms with E-state index < -0.39 is 17.4 Å². The quantitative estimate of drug-likeness (QED) is 0.458. The summed E-state index contributed by atoms with van der Waals surface area (Å²) in [7, 11) is 1.51. The van der Waals surface area contributed by atoms with Crippen LogP contribution in [-0.2, 0) is 0 Å². The molecule has 0 saturated heterocycles. The molecule has 164 valence electrons. The maximum absolute atomic E-state index is 13.4. The van der Waals surface area contributed by atoms with Crippen molar-refractivity contribution in [3.8, 4) is 28.6 Å². The first kappa shape index (κ1) is 21.0. The van der Waals surface area contributed by atoms with E-state index in [1.807, 2.05) is 6.92 Å². The van der Waals surface area contributed by atoms with Crippen LogP contribution in [0, 0.1) is 5.82 Å². The zero-order valence-corrected chi connectivity index (χ0v) is 17.4.